The van der Waals surface area contributed by atoms with Crippen molar-refractivity contribution in [2.24, 2.45) is 0 Å². The molecule has 2 aromatic heterocycles. The molecule has 0 amide bonds. The average Bonchev–Trinajstić information content (AvgIpc) is 2.90. The highest BCUT2D eigenvalue weighted by molar-refractivity contribution is 7.79. The summed E-state index contributed by atoms with van der Waals surface area (Å²) in [4.78, 5) is 8.84. The molecule has 3 heteroatoms. The smallest absolute Gasteiger partial charge is 0.0887 e. The standard InChI is InChI=1S/C30H21N2P/c1-3-9-26(10-4-1)33(27-11-5-2-6-12-27)28-19-16-24(17-20-28)14-15-25-18-21-30(32-23-25)29-13-7-8-22-31-29/h1-13,16-23H. The second kappa shape index (κ2) is 10.0. The maximum absolute atomic E-state index is 4.50. The molecule has 0 saturated heterocycles. The van der Waals surface area contributed by atoms with Crippen molar-refractivity contribution in [2.45, 2.75) is 0 Å². The van der Waals surface area contributed by atoms with E-state index in [1.807, 2.05) is 30.3 Å². The zero-order valence-corrected chi connectivity index (χ0v) is 18.9. The molecule has 0 N–H and O–H groups in total. The van der Waals surface area contributed by atoms with Crippen molar-refractivity contribution < 1.29 is 0 Å². The predicted molar refractivity (Wildman–Crippen MR) is 139 cm³/mol. The van der Waals surface area contributed by atoms with Crippen molar-refractivity contribution >= 4 is 23.8 Å². The van der Waals surface area contributed by atoms with Gasteiger partial charge in [-0.15, -0.1) is 0 Å². The Labute approximate surface area is 195 Å². The fraction of sp³-hybridized carbons (Fsp3) is 0. The fourth-order valence-corrected chi connectivity index (χ4v) is 5.86. The summed E-state index contributed by atoms with van der Waals surface area (Å²) in [5.41, 5.74) is 3.58. The molecule has 0 aliphatic carbocycles. The summed E-state index contributed by atoms with van der Waals surface area (Å²) in [5, 5.41) is 4.00. The lowest BCUT2D eigenvalue weighted by Crippen LogP contribution is -2.20. The highest BCUT2D eigenvalue weighted by Gasteiger charge is 2.15. The molecule has 0 atom stereocenters. The zero-order valence-electron chi connectivity index (χ0n) is 18.0. The van der Waals surface area contributed by atoms with E-state index in [0.717, 1.165) is 22.5 Å². The van der Waals surface area contributed by atoms with Crippen LogP contribution in [0.4, 0.5) is 0 Å². The summed E-state index contributed by atoms with van der Waals surface area (Å²) in [6.45, 7) is 0. The quantitative estimate of drug-likeness (QED) is 0.280. The lowest BCUT2D eigenvalue weighted by atomic mass is 10.2. The number of nitrogens with zero attached hydrogens (tertiary/aromatic N) is 2. The third-order valence-electron chi connectivity index (χ3n) is 5.20. The van der Waals surface area contributed by atoms with Crippen LogP contribution in [-0.4, -0.2) is 9.97 Å². The molecule has 0 spiro atoms. The van der Waals surface area contributed by atoms with Gasteiger partial charge in [0.05, 0.1) is 11.4 Å². The number of benzene rings is 3. The predicted octanol–water partition coefficient (Wildman–Crippen LogP) is 5.30. The van der Waals surface area contributed by atoms with Crippen molar-refractivity contribution in [2.75, 3.05) is 0 Å². The summed E-state index contributed by atoms with van der Waals surface area (Å²) in [7, 11) is -0.601. The van der Waals surface area contributed by atoms with Gasteiger partial charge >= 0.3 is 0 Å². The van der Waals surface area contributed by atoms with Gasteiger partial charge in [-0.1, -0.05) is 90.7 Å². The maximum atomic E-state index is 4.50. The van der Waals surface area contributed by atoms with Crippen LogP contribution < -0.4 is 15.9 Å². The van der Waals surface area contributed by atoms with Crippen molar-refractivity contribution in [3.8, 4) is 23.2 Å². The first-order chi connectivity index (χ1) is 16.4. The molecule has 0 aliphatic rings. The lowest BCUT2D eigenvalue weighted by molar-refractivity contribution is 1.24. The van der Waals surface area contributed by atoms with E-state index in [0.29, 0.717) is 0 Å². The third-order valence-corrected chi connectivity index (χ3v) is 7.64. The van der Waals surface area contributed by atoms with Crippen LogP contribution in [0.5, 0.6) is 0 Å². The van der Waals surface area contributed by atoms with Crippen LogP contribution in [0.15, 0.2) is 128 Å². The molecule has 5 rings (SSSR count). The normalized spacial score (nSPS) is 10.5. The number of aromatic nitrogens is 2. The molecular formula is C30H21N2P. The molecule has 0 bridgehead atoms. The number of hydrogen-bond donors (Lipinski definition) is 0. The van der Waals surface area contributed by atoms with E-state index < -0.39 is 7.92 Å². The first kappa shape index (κ1) is 20.8. The number of hydrogen-bond acceptors (Lipinski definition) is 2. The van der Waals surface area contributed by atoms with Gasteiger partial charge in [-0.25, -0.2) is 0 Å². The molecular weight excluding hydrogens is 419 g/mol. The van der Waals surface area contributed by atoms with E-state index in [9.17, 15) is 0 Å². The highest BCUT2D eigenvalue weighted by Crippen LogP contribution is 2.32. The minimum absolute atomic E-state index is 0.601. The molecule has 0 fully saturated rings. The molecule has 0 radical (unpaired) electrons. The van der Waals surface area contributed by atoms with Gasteiger partial charge in [0.2, 0.25) is 0 Å². The van der Waals surface area contributed by atoms with Crippen LogP contribution in [0.25, 0.3) is 11.4 Å². The minimum atomic E-state index is -0.601. The van der Waals surface area contributed by atoms with Crippen LogP contribution in [0.2, 0.25) is 0 Å². The molecule has 156 valence electrons. The third kappa shape index (κ3) is 5.07. The molecule has 33 heavy (non-hydrogen) atoms. The molecule has 0 saturated carbocycles. The summed E-state index contributed by atoms with van der Waals surface area (Å²) in [6, 6.07) is 39.8. The second-order valence-electron chi connectivity index (χ2n) is 7.45. The van der Waals surface area contributed by atoms with Gasteiger partial charge in [0, 0.05) is 23.5 Å². The van der Waals surface area contributed by atoms with E-state index in [4.69, 9.17) is 0 Å². The summed E-state index contributed by atoms with van der Waals surface area (Å²) in [5.74, 6) is 6.49. The molecule has 5 aromatic rings. The number of pyridine rings is 2. The minimum Gasteiger partial charge on any atom is -0.255 e. The van der Waals surface area contributed by atoms with Crippen LogP contribution in [0.3, 0.4) is 0 Å². The van der Waals surface area contributed by atoms with E-state index in [1.54, 1.807) is 12.4 Å². The van der Waals surface area contributed by atoms with Gasteiger partial charge in [0.15, 0.2) is 0 Å². The molecule has 2 nitrogen and oxygen atoms in total. The van der Waals surface area contributed by atoms with Gasteiger partial charge < -0.3 is 0 Å². The second-order valence-corrected chi connectivity index (χ2v) is 9.67. The first-order valence-corrected chi connectivity index (χ1v) is 12.1. The molecule has 3 aromatic carbocycles. The van der Waals surface area contributed by atoms with Crippen LogP contribution in [0, 0.1) is 11.8 Å². The van der Waals surface area contributed by atoms with Crippen LogP contribution in [0.1, 0.15) is 11.1 Å². The highest BCUT2D eigenvalue weighted by atomic mass is 31.1. The Bertz CT molecular complexity index is 1330. The van der Waals surface area contributed by atoms with E-state index in [2.05, 4.69) is 107 Å². The van der Waals surface area contributed by atoms with Gasteiger partial charge in [-0.3, -0.25) is 9.97 Å². The van der Waals surface area contributed by atoms with Gasteiger partial charge in [0.25, 0.3) is 0 Å². The van der Waals surface area contributed by atoms with Crippen molar-refractivity contribution in [3.05, 3.63) is 139 Å². The first-order valence-electron chi connectivity index (χ1n) is 10.8. The van der Waals surface area contributed by atoms with Crippen molar-refractivity contribution in [1.29, 1.82) is 0 Å². The molecule has 0 unspecified atom stereocenters. The Hall–Kier alpha value is -4.05. The summed E-state index contributed by atoms with van der Waals surface area (Å²) < 4.78 is 0. The van der Waals surface area contributed by atoms with Gasteiger partial charge in [-0.2, -0.15) is 0 Å². The average molecular weight is 440 g/mol. The topological polar surface area (TPSA) is 25.8 Å². The Morgan fingerprint density at radius 3 is 1.58 bits per heavy atom. The van der Waals surface area contributed by atoms with Crippen LogP contribution >= 0.6 is 7.92 Å². The SMILES string of the molecule is C(#Cc1ccc(-c2ccccn2)nc1)c1ccc(P(c2ccccc2)c2ccccc2)cc1. The Kier molecular flexibility index (Phi) is 6.34. The zero-order chi connectivity index (χ0) is 22.3. The Morgan fingerprint density at radius 2 is 1.00 bits per heavy atom. The Morgan fingerprint density at radius 1 is 0.455 bits per heavy atom. The molecule has 0 aliphatic heterocycles. The largest absolute Gasteiger partial charge is 0.255 e. The molecule has 2 heterocycles. The van der Waals surface area contributed by atoms with E-state index >= 15 is 0 Å². The van der Waals surface area contributed by atoms with Crippen molar-refractivity contribution in [1.82, 2.24) is 9.97 Å². The Balaban J connectivity index is 1.38. The van der Waals surface area contributed by atoms with Gasteiger partial charge in [0.1, 0.15) is 0 Å². The summed E-state index contributed by atoms with van der Waals surface area (Å²) in [6.07, 6.45) is 3.57. The van der Waals surface area contributed by atoms with E-state index in [-0.39, 0.29) is 0 Å². The van der Waals surface area contributed by atoms with Crippen molar-refractivity contribution in [3.63, 3.8) is 0 Å². The fourth-order valence-electron chi connectivity index (χ4n) is 3.57. The number of rotatable bonds is 4. The van der Waals surface area contributed by atoms with E-state index in [1.165, 1.54) is 15.9 Å². The summed E-state index contributed by atoms with van der Waals surface area (Å²) >= 11 is 0. The van der Waals surface area contributed by atoms with Gasteiger partial charge in [-0.05, 0) is 60.2 Å². The maximum Gasteiger partial charge on any atom is 0.0887 e. The monoisotopic (exact) mass is 440 g/mol. The van der Waals surface area contributed by atoms with Crippen LogP contribution in [-0.2, 0) is 0 Å². The lowest BCUT2D eigenvalue weighted by Gasteiger charge is -2.19.